The standard InChI is InChI=1S/C29H28ClFN2O8/c30-21-16-19(31)9-12-24(21)40-15-3-14-39-20-10-7-18(8-11-20)28(36)32-22-4-1-5-23-27(22)41-25(29(37)38)17-33(23)13-2-6-26(34)35/h1,4-5,7-12,16,25H,2-3,6,13-15,17H2,(H,32,36)(H,34,35)(H,37,38). The Hall–Kier alpha value is -4.51. The van der Waals surface area contributed by atoms with E-state index in [1.807, 2.05) is 0 Å². The number of benzene rings is 3. The van der Waals surface area contributed by atoms with Gasteiger partial charge in [-0.15, -0.1) is 0 Å². The highest BCUT2D eigenvalue weighted by Gasteiger charge is 2.32. The molecule has 0 bridgehead atoms. The normalized spacial score (nSPS) is 14.0. The van der Waals surface area contributed by atoms with Gasteiger partial charge in [0, 0.05) is 24.9 Å². The van der Waals surface area contributed by atoms with Gasteiger partial charge in [0.2, 0.25) is 6.10 Å². The van der Waals surface area contributed by atoms with Crippen molar-refractivity contribution >= 4 is 40.8 Å². The highest BCUT2D eigenvalue weighted by atomic mass is 35.5. The monoisotopic (exact) mass is 586 g/mol. The zero-order valence-electron chi connectivity index (χ0n) is 21.8. The van der Waals surface area contributed by atoms with Gasteiger partial charge in [0.25, 0.3) is 5.91 Å². The van der Waals surface area contributed by atoms with Gasteiger partial charge in [-0.25, -0.2) is 9.18 Å². The third kappa shape index (κ3) is 8.01. The van der Waals surface area contributed by atoms with Crippen LogP contribution in [0.3, 0.4) is 0 Å². The Bertz CT molecular complexity index is 1400. The van der Waals surface area contributed by atoms with E-state index >= 15 is 0 Å². The minimum Gasteiger partial charge on any atom is -0.493 e. The lowest BCUT2D eigenvalue weighted by molar-refractivity contribution is -0.145. The number of carbonyl (C=O) groups is 3. The lowest BCUT2D eigenvalue weighted by Gasteiger charge is -2.35. The second-order valence-corrected chi connectivity index (χ2v) is 9.55. The number of halogens is 2. The molecule has 3 N–H and O–H groups in total. The van der Waals surface area contributed by atoms with Crippen molar-refractivity contribution in [3.8, 4) is 17.2 Å². The third-order valence-electron chi connectivity index (χ3n) is 6.15. The van der Waals surface area contributed by atoms with E-state index in [0.29, 0.717) is 61.0 Å². The van der Waals surface area contributed by atoms with E-state index in [0.717, 1.165) is 0 Å². The first-order valence-corrected chi connectivity index (χ1v) is 13.2. The number of hydrogen-bond acceptors (Lipinski definition) is 7. The number of rotatable bonds is 13. The van der Waals surface area contributed by atoms with Gasteiger partial charge in [-0.1, -0.05) is 17.7 Å². The maximum Gasteiger partial charge on any atom is 0.346 e. The Morgan fingerprint density at radius 2 is 1.78 bits per heavy atom. The van der Waals surface area contributed by atoms with Crippen molar-refractivity contribution in [2.75, 3.05) is 36.5 Å². The third-order valence-corrected chi connectivity index (χ3v) is 6.44. The summed E-state index contributed by atoms with van der Waals surface area (Å²) >= 11 is 5.94. The molecule has 0 aliphatic carbocycles. The Kier molecular flexibility index (Phi) is 9.86. The largest absolute Gasteiger partial charge is 0.493 e. The van der Waals surface area contributed by atoms with Gasteiger partial charge >= 0.3 is 11.9 Å². The van der Waals surface area contributed by atoms with Gasteiger partial charge in [0.1, 0.15) is 17.3 Å². The number of nitrogens with zero attached hydrogens (tertiary/aromatic N) is 1. The molecule has 1 aliphatic heterocycles. The maximum absolute atomic E-state index is 13.1. The summed E-state index contributed by atoms with van der Waals surface area (Å²) < 4.78 is 30.1. The summed E-state index contributed by atoms with van der Waals surface area (Å²) in [6.45, 7) is 1.02. The number of carbonyl (C=O) groups excluding carboxylic acids is 1. The van der Waals surface area contributed by atoms with E-state index in [9.17, 15) is 23.9 Å². The number of hydrogen-bond donors (Lipinski definition) is 3. The molecule has 0 saturated heterocycles. The number of carboxylic acids is 2. The van der Waals surface area contributed by atoms with Crippen LogP contribution in [0.25, 0.3) is 0 Å². The molecule has 1 aliphatic rings. The Morgan fingerprint density at radius 1 is 1.02 bits per heavy atom. The second kappa shape index (κ2) is 13.7. The summed E-state index contributed by atoms with van der Waals surface area (Å²) in [5.41, 5.74) is 1.21. The summed E-state index contributed by atoms with van der Waals surface area (Å²) in [5.74, 6) is -1.84. The van der Waals surface area contributed by atoms with E-state index in [4.69, 9.17) is 30.9 Å². The molecule has 1 atom stereocenters. The van der Waals surface area contributed by atoms with Crippen LogP contribution in [0.4, 0.5) is 15.8 Å². The SMILES string of the molecule is O=C(O)CCCN1CC(C(=O)O)Oc2c(NC(=O)c3ccc(OCCCOc4ccc(F)cc4Cl)cc3)cccc21. The average Bonchev–Trinajstić information content (AvgIpc) is 2.94. The van der Waals surface area contributed by atoms with Crippen LogP contribution in [0.5, 0.6) is 17.2 Å². The lowest BCUT2D eigenvalue weighted by atomic mass is 10.1. The maximum atomic E-state index is 13.1. The molecule has 3 aromatic rings. The summed E-state index contributed by atoms with van der Waals surface area (Å²) in [7, 11) is 0. The van der Waals surface area contributed by atoms with E-state index in [-0.39, 0.29) is 23.7 Å². The molecule has 216 valence electrons. The first-order chi connectivity index (χ1) is 19.7. The Labute approximate surface area is 240 Å². The highest BCUT2D eigenvalue weighted by molar-refractivity contribution is 6.32. The van der Waals surface area contributed by atoms with Crippen LogP contribution in [0, 0.1) is 5.82 Å². The lowest BCUT2D eigenvalue weighted by Crippen LogP contribution is -2.45. The average molecular weight is 587 g/mol. The molecule has 41 heavy (non-hydrogen) atoms. The second-order valence-electron chi connectivity index (χ2n) is 9.15. The smallest absolute Gasteiger partial charge is 0.346 e. The van der Waals surface area contributed by atoms with Gasteiger partial charge in [-0.2, -0.15) is 0 Å². The Balaban J connectivity index is 1.33. The molecule has 3 aromatic carbocycles. The molecular formula is C29H28ClFN2O8. The molecule has 1 unspecified atom stereocenters. The quantitative estimate of drug-likeness (QED) is 0.234. The van der Waals surface area contributed by atoms with E-state index < -0.39 is 29.8 Å². The van der Waals surface area contributed by atoms with Crippen molar-refractivity contribution in [3.63, 3.8) is 0 Å². The van der Waals surface area contributed by atoms with Gasteiger partial charge in [0.15, 0.2) is 5.75 Å². The molecule has 1 amide bonds. The van der Waals surface area contributed by atoms with Crippen LogP contribution >= 0.6 is 11.6 Å². The predicted molar refractivity (Wildman–Crippen MR) is 149 cm³/mol. The van der Waals surface area contributed by atoms with Crippen molar-refractivity contribution in [1.29, 1.82) is 0 Å². The Morgan fingerprint density at radius 3 is 2.49 bits per heavy atom. The molecule has 0 saturated carbocycles. The number of anilines is 2. The summed E-state index contributed by atoms with van der Waals surface area (Å²) in [6, 6.07) is 15.4. The summed E-state index contributed by atoms with van der Waals surface area (Å²) in [5, 5.41) is 21.5. The number of carboxylic acid groups (broad SMARTS) is 2. The number of para-hydroxylation sites is 1. The molecule has 1 heterocycles. The zero-order valence-corrected chi connectivity index (χ0v) is 22.6. The first kappa shape index (κ1) is 29.5. The van der Waals surface area contributed by atoms with Gasteiger partial charge < -0.3 is 34.6 Å². The zero-order chi connectivity index (χ0) is 29.4. The molecule has 12 heteroatoms. The molecular weight excluding hydrogens is 559 g/mol. The van der Waals surface area contributed by atoms with Crippen molar-refractivity contribution < 1.29 is 43.2 Å². The number of ether oxygens (including phenoxy) is 3. The van der Waals surface area contributed by atoms with Crippen molar-refractivity contribution in [2.24, 2.45) is 0 Å². The van der Waals surface area contributed by atoms with Crippen LogP contribution in [0.2, 0.25) is 5.02 Å². The number of aliphatic carboxylic acids is 2. The molecule has 0 aromatic heterocycles. The minimum atomic E-state index is -1.18. The number of amides is 1. The van der Waals surface area contributed by atoms with Crippen molar-refractivity contribution in [2.45, 2.75) is 25.4 Å². The summed E-state index contributed by atoms with van der Waals surface area (Å²) in [6.07, 6.45) is -0.374. The molecule has 0 radical (unpaired) electrons. The van der Waals surface area contributed by atoms with E-state index in [1.165, 1.54) is 18.2 Å². The minimum absolute atomic E-state index is 0.0485. The van der Waals surface area contributed by atoms with Gasteiger partial charge in [-0.05, 0) is 61.0 Å². The molecule has 0 fully saturated rings. The fourth-order valence-corrected chi connectivity index (χ4v) is 4.38. The van der Waals surface area contributed by atoms with Crippen LogP contribution in [-0.4, -0.2) is 60.5 Å². The summed E-state index contributed by atoms with van der Waals surface area (Å²) in [4.78, 5) is 37.4. The fourth-order valence-electron chi connectivity index (χ4n) is 4.16. The van der Waals surface area contributed by atoms with Crippen LogP contribution in [0.1, 0.15) is 29.6 Å². The van der Waals surface area contributed by atoms with E-state index in [2.05, 4.69) is 5.32 Å². The first-order valence-electron chi connectivity index (χ1n) is 12.8. The predicted octanol–water partition coefficient (Wildman–Crippen LogP) is 5.10. The molecule has 10 nitrogen and oxygen atoms in total. The van der Waals surface area contributed by atoms with E-state index in [1.54, 1.807) is 47.4 Å². The number of nitrogens with one attached hydrogen (secondary N) is 1. The number of fused-ring (bicyclic) bond motifs is 1. The molecule has 4 rings (SSSR count). The van der Waals surface area contributed by atoms with Gasteiger partial charge in [0.05, 0.1) is 36.2 Å². The van der Waals surface area contributed by atoms with Crippen molar-refractivity contribution in [1.82, 2.24) is 0 Å². The van der Waals surface area contributed by atoms with Gasteiger partial charge in [-0.3, -0.25) is 9.59 Å². The van der Waals surface area contributed by atoms with Crippen LogP contribution < -0.4 is 24.4 Å². The highest BCUT2D eigenvalue weighted by Crippen LogP contribution is 2.40. The van der Waals surface area contributed by atoms with Crippen molar-refractivity contribution in [3.05, 3.63) is 77.1 Å². The topological polar surface area (TPSA) is 135 Å². The van der Waals surface area contributed by atoms with Crippen LogP contribution in [0.15, 0.2) is 60.7 Å². The fraction of sp³-hybridized carbons (Fsp3) is 0.276. The molecule has 0 spiro atoms. The van der Waals surface area contributed by atoms with Crippen LogP contribution in [-0.2, 0) is 9.59 Å².